The lowest BCUT2D eigenvalue weighted by atomic mass is 10.0. The largest absolute Gasteiger partial charge is 0.323 e. The fourth-order valence-electron chi connectivity index (χ4n) is 1.52. The van der Waals surface area contributed by atoms with E-state index in [1.165, 1.54) is 0 Å². The molecule has 1 aromatic rings. The van der Waals surface area contributed by atoms with Crippen molar-refractivity contribution in [2.75, 3.05) is 11.9 Å². The van der Waals surface area contributed by atoms with Crippen LogP contribution >= 0.6 is 15.9 Å². The van der Waals surface area contributed by atoms with Gasteiger partial charge in [0, 0.05) is 4.47 Å². The quantitative estimate of drug-likeness (QED) is 0.897. The van der Waals surface area contributed by atoms with Crippen LogP contribution in [0.5, 0.6) is 0 Å². The Morgan fingerprint density at radius 3 is 2.59 bits per heavy atom. The van der Waals surface area contributed by atoms with Gasteiger partial charge in [0.25, 0.3) is 0 Å². The number of anilines is 1. The number of hydrogen-bond donors (Lipinski definition) is 2. The van der Waals surface area contributed by atoms with Gasteiger partial charge in [0.05, 0.1) is 11.2 Å². The first kappa shape index (κ1) is 14.2. The van der Waals surface area contributed by atoms with E-state index in [-0.39, 0.29) is 5.91 Å². The van der Waals surface area contributed by atoms with Gasteiger partial charge in [-0.25, -0.2) is 0 Å². The van der Waals surface area contributed by atoms with Crippen LogP contribution in [-0.4, -0.2) is 18.0 Å². The van der Waals surface area contributed by atoms with Crippen LogP contribution in [0.1, 0.15) is 26.3 Å². The second-order valence-electron chi connectivity index (χ2n) is 4.59. The molecule has 0 fully saturated rings. The minimum Gasteiger partial charge on any atom is -0.323 e. The number of benzene rings is 1. The SMILES string of the molecule is CCNC(C)(C)C(=O)Nc1ccc(C)cc1Br. The number of amides is 1. The Kier molecular flexibility index (Phi) is 4.71. The van der Waals surface area contributed by atoms with Gasteiger partial charge < -0.3 is 10.6 Å². The van der Waals surface area contributed by atoms with Crippen LogP contribution in [0.2, 0.25) is 0 Å². The molecule has 0 radical (unpaired) electrons. The predicted molar refractivity (Wildman–Crippen MR) is 75.3 cm³/mol. The summed E-state index contributed by atoms with van der Waals surface area (Å²) in [5, 5.41) is 6.06. The van der Waals surface area contributed by atoms with Crippen molar-refractivity contribution >= 4 is 27.5 Å². The molecule has 2 N–H and O–H groups in total. The highest BCUT2D eigenvalue weighted by molar-refractivity contribution is 9.10. The van der Waals surface area contributed by atoms with Crippen LogP contribution in [0, 0.1) is 6.92 Å². The third-order valence-electron chi connectivity index (χ3n) is 2.56. The van der Waals surface area contributed by atoms with Crippen LogP contribution in [-0.2, 0) is 4.79 Å². The lowest BCUT2D eigenvalue weighted by molar-refractivity contribution is -0.121. The van der Waals surface area contributed by atoms with Crippen molar-refractivity contribution in [2.45, 2.75) is 33.2 Å². The summed E-state index contributed by atoms with van der Waals surface area (Å²) in [5.41, 5.74) is 1.38. The van der Waals surface area contributed by atoms with E-state index in [9.17, 15) is 4.79 Å². The number of nitrogens with one attached hydrogen (secondary N) is 2. The number of carbonyl (C=O) groups excluding carboxylic acids is 1. The monoisotopic (exact) mass is 298 g/mol. The Morgan fingerprint density at radius 2 is 2.06 bits per heavy atom. The molecule has 3 nitrogen and oxygen atoms in total. The molecule has 0 unspecified atom stereocenters. The number of hydrogen-bond acceptors (Lipinski definition) is 2. The molecule has 1 amide bonds. The zero-order chi connectivity index (χ0) is 13.1. The molecular weight excluding hydrogens is 280 g/mol. The Balaban J connectivity index is 2.81. The van der Waals surface area contributed by atoms with Gasteiger partial charge in [0.2, 0.25) is 5.91 Å². The maximum Gasteiger partial charge on any atom is 0.244 e. The molecule has 17 heavy (non-hydrogen) atoms. The van der Waals surface area contributed by atoms with Crippen LogP contribution in [0.4, 0.5) is 5.69 Å². The predicted octanol–water partition coefficient (Wildman–Crippen LogP) is 3.08. The van der Waals surface area contributed by atoms with E-state index in [4.69, 9.17) is 0 Å². The molecule has 0 spiro atoms. The Hall–Kier alpha value is -0.870. The van der Waals surface area contributed by atoms with Gasteiger partial charge in [-0.2, -0.15) is 0 Å². The summed E-state index contributed by atoms with van der Waals surface area (Å²) in [6, 6.07) is 5.86. The zero-order valence-corrected chi connectivity index (χ0v) is 12.3. The van der Waals surface area contributed by atoms with Gasteiger partial charge in [0.1, 0.15) is 0 Å². The summed E-state index contributed by atoms with van der Waals surface area (Å²) in [4.78, 5) is 12.1. The first-order valence-corrected chi connectivity index (χ1v) is 6.48. The Bertz CT molecular complexity index is 416. The molecule has 1 rings (SSSR count). The van der Waals surface area contributed by atoms with Gasteiger partial charge >= 0.3 is 0 Å². The van der Waals surface area contributed by atoms with Crippen molar-refractivity contribution < 1.29 is 4.79 Å². The lowest BCUT2D eigenvalue weighted by Gasteiger charge is -2.24. The molecule has 0 heterocycles. The lowest BCUT2D eigenvalue weighted by Crippen LogP contribution is -2.49. The van der Waals surface area contributed by atoms with Gasteiger partial charge in [-0.1, -0.05) is 13.0 Å². The number of aryl methyl sites for hydroxylation is 1. The van der Waals surface area contributed by atoms with E-state index in [1.54, 1.807) is 0 Å². The second kappa shape index (κ2) is 5.65. The molecule has 1 aromatic carbocycles. The van der Waals surface area contributed by atoms with E-state index in [0.29, 0.717) is 0 Å². The fraction of sp³-hybridized carbons (Fsp3) is 0.462. The van der Waals surface area contributed by atoms with E-state index in [1.807, 2.05) is 45.9 Å². The third kappa shape index (κ3) is 3.82. The fourth-order valence-corrected chi connectivity index (χ4v) is 2.11. The maximum atomic E-state index is 12.1. The standard InChI is InChI=1S/C13H19BrN2O/c1-5-15-13(3,4)12(17)16-11-7-6-9(2)8-10(11)14/h6-8,15H,5H2,1-4H3,(H,16,17). The van der Waals surface area contributed by atoms with E-state index >= 15 is 0 Å². The number of halogens is 1. The van der Waals surface area contributed by atoms with Crippen molar-refractivity contribution in [2.24, 2.45) is 0 Å². The summed E-state index contributed by atoms with van der Waals surface area (Å²) in [6.45, 7) is 8.49. The van der Waals surface area contributed by atoms with E-state index in [0.717, 1.165) is 22.3 Å². The van der Waals surface area contributed by atoms with Crippen LogP contribution < -0.4 is 10.6 Å². The molecule has 0 atom stereocenters. The molecule has 0 aromatic heterocycles. The number of rotatable bonds is 4. The smallest absolute Gasteiger partial charge is 0.244 e. The first-order chi connectivity index (χ1) is 7.86. The van der Waals surface area contributed by atoms with E-state index < -0.39 is 5.54 Å². The minimum atomic E-state index is -0.570. The highest BCUT2D eigenvalue weighted by Gasteiger charge is 2.26. The summed E-state index contributed by atoms with van der Waals surface area (Å²) in [7, 11) is 0. The molecule has 4 heteroatoms. The third-order valence-corrected chi connectivity index (χ3v) is 3.22. The summed E-state index contributed by atoms with van der Waals surface area (Å²) in [5.74, 6) is -0.0381. The summed E-state index contributed by atoms with van der Waals surface area (Å²) in [6.07, 6.45) is 0. The second-order valence-corrected chi connectivity index (χ2v) is 5.45. The molecule has 0 saturated carbocycles. The van der Waals surface area contributed by atoms with Crippen LogP contribution in [0.25, 0.3) is 0 Å². The molecule has 0 aliphatic heterocycles. The molecule has 0 aliphatic rings. The van der Waals surface area contributed by atoms with Gasteiger partial charge in [0.15, 0.2) is 0 Å². The van der Waals surface area contributed by atoms with Crippen molar-refractivity contribution in [1.29, 1.82) is 0 Å². The molecule has 0 bridgehead atoms. The average Bonchev–Trinajstić information content (AvgIpc) is 2.22. The summed E-state index contributed by atoms with van der Waals surface area (Å²) >= 11 is 3.45. The maximum absolute atomic E-state index is 12.1. The average molecular weight is 299 g/mol. The highest BCUT2D eigenvalue weighted by atomic mass is 79.9. The van der Waals surface area contributed by atoms with Crippen molar-refractivity contribution in [1.82, 2.24) is 5.32 Å². The molecular formula is C13H19BrN2O. The molecule has 94 valence electrons. The number of likely N-dealkylation sites (N-methyl/N-ethyl adjacent to an activating group) is 1. The number of carbonyl (C=O) groups is 1. The minimum absolute atomic E-state index is 0.0381. The van der Waals surface area contributed by atoms with Crippen LogP contribution in [0.3, 0.4) is 0 Å². The van der Waals surface area contributed by atoms with Crippen molar-refractivity contribution in [3.63, 3.8) is 0 Å². The van der Waals surface area contributed by atoms with Crippen molar-refractivity contribution in [3.05, 3.63) is 28.2 Å². The highest BCUT2D eigenvalue weighted by Crippen LogP contribution is 2.24. The first-order valence-electron chi connectivity index (χ1n) is 5.69. The van der Waals surface area contributed by atoms with Crippen molar-refractivity contribution in [3.8, 4) is 0 Å². The molecule has 0 aliphatic carbocycles. The normalized spacial score (nSPS) is 11.4. The summed E-state index contributed by atoms with van der Waals surface area (Å²) < 4.78 is 0.901. The Morgan fingerprint density at radius 1 is 1.41 bits per heavy atom. The Labute approximate surface area is 111 Å². The van der Waals surface area contributed by atoms with Crippen LogP contribution in [0.15, 0.2) is 22.7 Å². The van der Waals surface area contributed by atoms with Gasteiger partial charge in [-0.15, -0.1) is 0 Å². The van der Waals surface area contributed by atoms with Gasteiger partial charge in [-0.05, 0) is 60.9 Å². The zero-order valence-electron chi connectivity index (χ0n) is 10.7. The topological polar surface area (TPSA) is 41.1 Å². The van der Waals surface area contributed by atoms with Gasteiger partial charge in [-0.3, -0.25) is 4.79 Å². The molecule has 0 saturated heterocycles. The van der Waals surface area contributed by atoms with E-state index in [2.05, 4.69) is 26.6 Å².